The van der Waals surface area contributed by atoms with Crippen LogP contribution in [0.3, 0.4) is 0 Å². The summed E-state index contributed by atoms with van der Waals surface area (Å²) < 4.78 is 15.4. The molecule has 0 bridgehead atoms. The van der Waals surface area contributed by atoms with E-state index in [1.165, 1.54) is 13.2 Å². The minimum absolute atomic E-state index is 0.152. The lowest BCUT2D eigenvalue weighted by atomic mass is 10.1. The third kappa shape index (κ3) is 4.46. The molecule has 0 radical (unpaired) electrons. The topological polar surface area (TPSA) is 61.8 Å². The Morgan fingerprint density at radius 3 is 2.58 bits per heavy atom. The molecule has 0 saturated carbocycles. The van der Waals surface area contributed by atoms with Crippen LogP contribution in [0.2, 0.25) is 0 Å². The number of esters is 2. The molecule has 0 unspecified atom stereocenters. The lowest BCUT2D eigenvalue weighted by Crippen LogP contribution is -2.16. The van der Waals surface area contributed by atoms with Gasteiger partial charge in [-0.2, -0.15) is 0 Å². The van der Waals surface area contributed by atoms with Gasteiger partial charge in [0.15, 0.2) is 0 Å². The summed E-state index contributed by atoms with van der Waals surface area (Å²) in [7, 11) is 1.27. The smallest absolute Gasteiger partial charge is 0.339 e. The highest BCUT2D eigenvalue weighted by Crippen LogP contribution is 2.19. The van der Waals surface area contributed by atoms with Crippen LogP contribution in [0, 0.1) is 3.57 Å². The van der Waals surface area contributed by atoms with Gasteiger partial charge in [-0.25, -0.2) is 9.59 Å². The maximum absolute atomic E-state index is 11.9. The second-order valence-corrected chi connectivity index (χ2v) is 4.65. The third-order valence-corrected chi connectivity index (χ3v) is 3.19. The van der Waals surface area contributed by atoms with E-state index in [4.69, 9.17) is 9.47 Å². The molecule has 19 heavy (non-hydrogen) atoms. The first-order valence-corrected chi connectivity index (χ1v) is 6.81. The fraction of sp³-hybridized carbons (Fsp3) is 0.385. The summed E-state index contributed by atoms with van der Waals surface area (Å²) in [6.45, 7) is 2.91. The fourth-order valence-electron chi connectivity index (χ4n) is 1.42. The zero-order valence-electron chi connectivity index (χ0n) is 10.8. The zero-order chi connectivity index (χ0) is 14.3. The summed E-state index contributed by atoms with van der Waals surface area (Å²) in [6, 6.07) is 4.95. The molecular weight excluding hydrogens is 363 g/mol. The van der Waals surface area contributed by atoms with Crippen molar-refractivity contribution >= 4 is 34.5 Å². The summed E-state index contributed by atoms with van der Waals surface area (Å²) in [5.74, 6) is -1.11. The molecular formula is C13H15IO5. The molecule has 0 amide bonds. The zero-order valence-corrected chi connectivity index (χ0v) is 12.9. The molecule has 0 saturated heterocycles. The second kappa shape index (κ2) is 8.11. The van der Waals surface area contributed by atoms with Crippen LogP contribution in [0.25, 0.3) is 0 Å². The van der Waals surface area contributed by atoms with Gasteiger partial charge in [0.1, 0.15) is 6.61 Å². The second-order valence-electron chi connectivity index (χ2n) is 3.49. The molecule has 0 N–H and O–H groups in total. The molecule has 6 heteroatoms. The van der Waals surface area contributed by atoms with Gasteiger partial charge in [-0.3, -0.25) is 0 Å². The normalized spacial score (nSPS) is 10.1. The van der Waals surface area contributed by atoms with Crippen molar-refractivity contribution in [2.24, 2.45) is 0 Å². The molecule has 0 aromatic heterocycles. The van der Waals surface area contributed by atoms with Gasteiger partial charge >= 0.3 is 11.9 Å². The highest BCUT2D eigenvalue weighted by atomic mass is 127. The SMILES string of the molecule is CCOCCOC(=O)c1cccc(I)c1C(=O)OC. The van der Waals surface area contributed by atoms with Gasteiger partial charge in [0.2, 0.25) is 0 Å². The molecule has 1 rings (SSSR count). The van der Waals surface area contributed by atoms with Crippen molar-refractivity contribution in [1.82, 2.24) is 0 Å². The average molecular weight is 378 g/mol. The average Bonchev–Trinajstić information content (AvgIpc) is 2.42. The van der Waals surface area contributed by atoms with E-state index in [1.54, 1.807) is 12.1 Å². The third-order valence-electron chi connectivity index (χ3n) is 2.29. The molecule has 0 aliphatic heterocycles. The monoisotopic (exact) mass is 378 g/mol. The molecule has 0 aliphatic carbocycles. The first-order chi connectivity index (χ1) is 9.11. The van der Waals surface area contributed by atoms with Crippen LogP contribution in [0.4, 0.5) is 0 Å². The lowest BCUT2D eigenvalue weighted by molar-refractivity contribution is 0.0328. The van der Waals surface area contributed by atoms with E-state index in [2.05, 4.69) is 4.74 Å². The lowest BCUT2D eigenvalue weighted by Gasteiger charge is -2.09. The Bertz CT molecular complexity index is 458. The van der Waals surface area contributed by atoms with Crippen LogP contribution in [-0.4, -0.2) is 38.9 Å². The first kappa shape index (κ1) is 15.9. The van der Waals surface area contributed by atoms with E-state index >= 15 is 0 Å². The van der Waals surface area contributed by atoms with E-state index in [-0.39, 0.29) is 17.7 Å². The Balaban J connectivity index is 2.84. The van der Waals surface area contributed by atoms with Gasteiger partial charge in [0.05, 0.1) is 24.8 Å². The van der Waals surface area contributed by atoms with Crippen molar-refractivity contribution in [3.05, 3.63) is 32.9 Å². The van der Waals surface area contributed by atoms with Gasteiger partial charge in [-0.1, -0.05) is 6.07 Å². The minimum atomic E-state index is -0.557. The van der Waals surface area contributed by atoms with Crippen molar-refractivity contribution in [3.8, 4) is 0 Å². The predicted molar refractivity (Wildman–Crippen MR) is 77.3 cm³/mol. The first-order valence-electron chi connectivity index (χ1n) is 5.73. The summed E-state index contributed by atoms with van der Waals surface area (Å²) in [4.78, 5) is 23.6. The predicted octanol–water partition coefficient (Wildman–Crippen LogP) is 2.27. The Morgan fingerprint density at radius 2 is 1.95 bits per heavy atom. The number of halogens is 1. The highest BCUT2D eigenvalue weighted by molar-refractivity contribution is 14.1. The Hall–Kier alpha value is -1.15. The van der Waals surface area contributed by atoms with Crippen molar-refractivity contribution in [2.45, 2.75) is 6.92 Å². The van der Waals surface area contributed by atoms with E-state index in [0.717, 1.165) is 0 Å². The molecule has 0 fully saturated rings. The van der Waals surface area contributed by atoms with E-state index in [9.17, 15) is 9.59 Å². The fourth-order valence-corrected chi connectivity index (χ4v) is 2.14. The number of hydrogen-bond acceptors (Lipinski definition) is 5. The minimum Gasteiger partial charge on any atom is -0.465 e. The van der Waals surface area contributed by atoms with Crippen LogP contribution < -0.4 is 0 Å². The number of rotatable bonds is 6. The summed E-state index contributed by atoms with van der Waals surface area (Å²) in [5, 5.41) is 0. The Labute approximate surface area is 125 Å². The number of methoxy groups -OCH3 is 1. The molecule has 0 spiro atoms. The Kier molecular flexibility index (Phi) is 6.79. The van der Waals surface area contributed by atoms with Crippen LogP contribution >= 0.6 is 22.6 Å². The van der Waals surface area contributed by atoms with Crippen LogP contribution in [0.5, 0.6) is 0 Å². The van der Waals surface area contributed by atoms with Gasteiger partial charge in [-0.15, -0.1) is 0 Å². The van der Waals surface area contributed by atoms with Gasteiger partial charge in [-0.05, 0) is 41.6 Å². The maximum atomic E-state index is 11.9. The number of benzene rings is 1. The van der Waals surface area contributed by atoms with Crippen molar-refractivity contribution < 1.29 is 23.8 Å². The number of carbonyl (C=O) groups excluding carboxylic acids is 2. The van der Waals surface area contributed by atoms with E-state index in [1.807, 2.05) is 29.5 Å². The highest BCUT2D eigenvalue weighted by Gasteiger charge is 2.21. The maximum Gasteiger partial charge on any atom is 0.339 e. The largest absolute Gasteiger partial charge is 0.465 e. The number of carbonyl (C=O) groups is 2. The molecule has 0 aliphatic rings. The quantitative estimate of drug-likeness (QED) is 0.432. The van der Waals surface area contributed by atoms with Crippen LogP contribution in [0.1, 0.15) is 27.6 Å². The summed E-state index contributed by atoms with van der Waals surface area (Å²) in [6.07, 6.45) is 0. The molecule has 0 atom stereocenters. The van der Waals surface area contributed by atoms with Crippen molar-refractivity contribution in [3.63, 3.8) is 0 Å². The van der Waals surface area contributed by atoms with E-state index in [0.29, 0.717) is 16.8 Å². The van der Waals surface area contributed by atoms with Crippen LogP contribution in [-0.2, 0) is 14.2 Å². The van der Waals surface area contributed by atoms with Crippen molar-refractivity contribution in [1.29, 1.82) is 0 Å². The van der Waals surface area contributed by atoms with Gasteiger partial charge in [0, 0.05) is 10.2 Å². The molecule has 1 aromatic rings. The van der Waals surface area contributed by atoms with Gasteiger partial charge < -0.3 is 14.2 Å². The molecule has 1 aromatic carbocycles. The molecule has 104 valence electrons. The molecule has 5 nitrogen and oxygen atoms in total. The van der Waals surface area contributed by atoms with Crippen molar-refractivity contribution in [2.75, 3.05) is 26.9 Å². The number of hydrogen-bond donors (Lipinski definition) is 0. The number of ether oxygens (including phenoxy) is 3. The van der Waals surface area contributed by atoms with Crippen LogP contribution in [0.15, 0.2) is 18.2 Å². The standard InChI is InChI=1S/C13H15IO5/c1-3-18-7-8-19-12(15)9-5-4-6-10(14)11(9)13(16)17-2/h4-6H,3,7-8H2,1-2H3. The van der Waals surface area contributed by atoms with E-state index < -0.39 is 11.9 Å². The Morgan fingerprint density at radius 1 is 1.21 bits per heavy atom. The van der Waals surface area contributed by atoms with Gasteiger partial charge in [0.25, 0.3) is 0 Å². The summed E-state index contributed by atoms with van der Waals surface area (Å²) in [5.41, 5.74) is 0.433. The molecule has 0 heterocycles. The summed E-state index contributed by atoms with van der Waals surface area (Å²) >= 11 is 1.98.